The zero-order valence-electron chi connectivity index (χ0n) is 12.3. The van der Waals surface area contributed by atoms with Crippen LogP contribution in [0, 0.1) is 6.92 Å². The molecule has 1 N–H and O–H groups in total. The number of ether oxygens (including phenoxy) is 2. The predicted octanol–water partition coefficient (Wildman–Crippen LogP) is 2.25. The number of carbonyl (C=O) groups excluding carboxylic acids is 2. The summed E-state index contributed by atoms with van der Waals surface area (Å²) in [6, 6.07) is 7.95. The molecule has 0 atom stereocenters. The number of esters is 1. The van der Waals surface area contributed by atoms with Crippen LogP contribution in [0.2, 0.25) is 0 Å². The summed E-state index contributed by atoms with van der Waals surface area (Å²) < 4.78 is 9.32. The third-order valence-corrected chi connectivity index (χ3v) is 3.48. The molecule has 6 nitrogen and oxygen atoms in total. The second-order valence-electron chi connectivity index (χ2n) is 4.55. The smallest absolute Gasteiger partial charge is 0.332 e. The minimum Gasteiger partial charge on any atom is -0.454 e. The third-order valence-electron chi connectivity index (χ3n) is 2.72. The highest BCUT2D eigenvalue weighted by atomic mass is 32.1. The molecule has 0 spiro atoms. The first-order chi connectivity index (χ1) is 10.6. The Morgan fingerprint density at radius 3 is 2.64 bits per heavy atom. The van der Waals surface area contributed by atoms with Crippen LogP contribution < -0.4 is 5.32 Å². The van der Waals surface area contributed by atoms with Crippen LogP contribution in [0.5, 0.6) is 0 Å². The molecule has 0 radical (unpaired) electrons. The summed E-state index contributed by atoms with van der Waals surface area (Å²) in [6.45, 7) is 1.48. The van der Waals surface area contributed by atoms with E-state index in [0.717, 1.165) is 11.3 Å². The van der Waals surface area contributed by atoms with E-state index in [-0.39, 0.29) is 13.2 Å². The normalized spacial score (nSPS) is 10.3. The summed E-state index contributed by atoms with van der Waals surface area (Å²) in [5, 5.41) is 4.91. The van der Waals surface area contributed by atoms with Crippen molar-refractivity contribution in [2.75, 3.05) is 25.6 Å². The van der Waals surface area contributed by atoms with Gasteiger partial charge < -0.3 is 9.47 Å². The van der Waals surface area contributed by atoms with Gasteiger partial charge in [0.15, 0.2) is 11.7 Å². The first-order valence-corrected chi connectivity index (χ1v) is 7.43. The number of benzene rings is 1. The molecule has 1 amide bonds. The molecule has 0 bridgehead atoms. The van der Waals surface area contributed by atoms with E-state index in [0.29, 0.717) is 5.13 Å². The van der Waals surface area contributed by atoms with Crippen molar-refractivity contribution in [3.05, 3.63) is 35.2 Å². The molecule has 22 heavy (non-hydrogen) atoms. The van der Waals surface area contributed by atoms with Crippen molar-refractivity contribution in [2.45, 2.75) is 6.92 Å². The fourth-order valence-corrected chi connectivity index (χ4v) is 2.38. The molecule has 0 saturated carbocycles. The number of hydrogen-bond donors (Lipinski definition) is 1. The summed E-state index contributed by atoms with van der Waals surface area (Å²) in [5.41, 5.74) is 2.94. The number of amides is 1. The van der Waals surface area contributed by atoms with Crippen LogP contribution in [0.3, 0.4) is 0 Å². The highest BCUT2D eigenvalue weighted by molar-refractivity contribution is 7.14. The molecule has 2 aromatic rings. The van der Waals surface area contributed by atoms with Crippen LogP contribution >= 0.6 is 11.3 Å². The molecule has 0 fully saturated rings. The molecule has 0 unspecified atom stereocenters. The Bertz CT molecular complexity index is 652. The first kappa shape index (κ1) is 16.1. The van der Waals surface area contributed by atoms with Gasteiger partial charge in [0.2, 0.25) is 0 Å². The monoisotopic (exact) mass is 320 g/mol. The number of anilines is 1. The molecule has 0 aliphatic carbocycles. The lowest BCUT2D eigenvalue weighted by Gasteiger charge is -2.03. The fraction of sp³-hybridized carbons (Fsp3) is 0.267. The number of methoxy groups -OCH3 is 1. The summed E-state index contributed by atoms with van der Waals surface area (Å²) in [6.07, 6.45) is 0. The Kier molecular flexibility index (Phi) is 5.62. The van der Waals surface area contributed by atoms with Crippen LogP contribution in [0.1, 0.15) is 5.56 Å². The van der Waals surface area contributed by atoms with E-state index in [2.05, 4.69) is 15.0 Å². The number of nitrogens with one attached hydrogen (secondary N) is 1. The van der Waals surface area contributed by atoms with E-state index in [1.807, 2.05) is 36.6 Å². The van der Waals surface area contributed by atoms with E-state index >= 15 is 0 Å². The second-order valence-corrected chi connectivity index (χ2v) is 5.40. The van der Waals surface area contributed by atoms with Crippen LogP contribution in [0.25, 0.3) is 11.3 Å². The summed E-state index contributed by atoms with van der Waals surface area (Å²) in [5.74, 6) is -1.02. The molecular weight excluding hydrogens is 304 g/mol. The lowest BCUT2D eigenvalue weighted by Crippen LogP contribution is -2.22. The van der Waals surface area contributed by atoms with Gasteiger partial charge in [-0.25, -0.2) is 9.78 Å². The van der Waals surface area contributed by atoms with Crippen molar-refractivity contribution >= 4 is 28.3 Å². The van der Waals surface area contributed by atoms with Crippen molar-refractivity contribution < 1.29 is 19.1 Å². The Morgan fingerprint density at radius 1 is 1.23 bits per heavy atom. The van der Waals surface area contributed by atoms with Gasteiger partial charge in [-0.1, -0.05) is 29.8 Å². The quantitative estimate of drug-likeness (QED) is 0.826. The Balaban J connectivity index is 1.90. The van der Waals surface area contributed by atoms with Crippen molar-refractivity contribution in [3.8, 4) is 11.3 Å². The lowest BCUT2D eigenvalue weighted by atomic mass is 10.1. The highest BCUT2D eigenvalue weighted by Crippen LogP contribution is 2.24. The highest BCUT2D eigenvalue weighted by Gasteiger charge is 2.10. The second kappa shape index (κ2) is 7.67. The minimum atomic E-state index is -0.586. The summed E-state index contributed by atoms with van der Waals surface area (Å²) in [7, 11) is 1.38. The Labute approximate surface area is 132 Å². The van der Waals surface area contributed by atoms with E-state index in [9.17, 15) is 9.59 Å². The van der Waals surface area contributed by atoms with E-state index in [1.165, 1.54) is 24.0 Å². The van der Waals surface area contributed by atoms with Gasteiger partial charge in [0.1, 0.15) is 6.61 Å². The minimum absolute atomic E-state index is 0.178. The number of aryl methyl sites for hydroxylation is 1. The number of thiazole rings is 1. The molecule has 7 heteroatoms. The van der Waals surface area contributed by atoms with Crippen LogP contribution in [0.15, 0.2) is 29.6 Å². The topological polar surface area (TPSA) is 77.5 Å². The number of rotatable bonds is 6. The first-order valence-electron chi connectivity index (χ1n) is 6.55. The molecule has 0 saturated heterocycles. The average Bonchev–Trinajstić information content (AvgIpc) is 2.95. The molecule has 1 aromatic carbocycles. The van der Waals surface area contributed by atoms with E-state index < -0.39 is 11.9 Å². The van der Waals surface area contributed by atoms with Gasteiger partial charge in [-0.2, -0.15) is 0 Å². The Hall–Kier alpha value is -2.25. The van der Waals surface area contributed by atoms with Gasteiger partial charge in [-0.3, -0.25) is 10.1 Å². The molecule has 0 aliphatic heterocycles. The van der Waals surface area contributed by atoms with Crippen LogP contribution in [-0.2, 0) is 19.1 Å². The van der Waals surface area contributed by atoms with Crippen LogP contribution in [-0.4, -0.2) is 37.2 Å². The molecule has 1 aromatic heterocycles. The molecular formula is C15H16N2O4S. The van der Waals surface area contributed by atoms with Gasteiger partial charge in [0, 0.05) is 18.1 Å². The number of hydrogen-bond acceptors (Lipinski definition) is 6. The number of carbonyl (C=O) groups is 2. The van der Waals surface area contributed by atoms with E-state index in [4.69, 9.17) is 4.74 Å². The average molecular weight is 320 g/mol. The largest absolute Gasteiger partial charge is 0.454 e. The maximum absolute atomic E-state index is 11.6. The maximum Gasteiger partial charge on any atom is 0.332 e. The zero-order valence-corrected chi connectivity index (χ0v) is 13.1. The van der Waals surface area contributed by atoms with Gasteiger partial charge in [0.25, 0.3) is 5.91 Å². The zero-order chi connectivity index (χ0) is 15.9. The SMILES string of the molecule is COCC(=O)OCC(=O)Nc1nc(-c2ccc(C)cc2)cs1. The summed E-state index contributed by atoms with van der Waals surface area (Å²) >= 11 is 1.31. The number of aromatic nitrogens is 1. The van der Waals surface area contributed by atoms with Gasteiger partial charge >= 0.3 is 5.97 Å². The Morgan fingerprint density at radius 2 is 1.95 bits per heavy atom. The summed E-state index contributed by atoms with van der Waals surface area (Å²) in [4.78, 5) is 27.1. The van der Waals surface area contributed by atoms with Crippen molar-refractivity contribution in [1.29, 1.82) is 0 Å². The van der Waals surface area contributed by atoms with Crippen molar-refractivity contribution in [1.82, 2.24) is 4.98 Å². The van der Waals surface area contributed by atoms with Crippen LogP contribution in [0.4, 0.5) is 5.13 Å². The standard InChI is InChI=1S/C15H16N2O4S/c1-10-3-5-11(6-4-10)12-9-22-15(16-12)17-13(18)7-21-14(19)8-20-2/h3-6,9H,7-8H2,1-2H3,(H,16,17,18). The lowest BCUT2D eigenvalue weighted by molar-refractivity contribution is -0.150. The van der Waals surface area contributed by atoms with E-state index in [1.54, 1.807) is 0 Å². The molecule has 116 valence electrons. The van der Waals surface area contributed by atoms with Gasteiger partial charge in [-0.15, -0.1) is 11.3 Å². The fourth-order valence-electron chi connectivity index (χ4n) is 1.65. The van der Waals surface area contributed by atoms with Crippen molar-refractivity contribution in [3.63, 3.8) is 0 Å². The van der Waals surface area contributed by atoms with Gasteiger partial charge in [-0.05, 0) is 6.92 Å². The predicted molar refractivity (Wildman–Crippen MR) is 83.8 cm³/mol. The maximum atomic E-state index is 11.6. The molecule has 2 rings (SSSR count). The third kappa shape index (κ3) is 4.64. The number of nitrogens with zero attached hydrogens (tertiary/aromatic N) is 1. The van der Waals surface area contributed by atoms with Gasteiger partial charge in [0.05, 0.1) is 5.69 Å². The molecule has 0 aliphatic rings. The van der Waals surface area contributed by atoms with Crippen molar-refractivity contribution in [2.24, 2.45) is 0 Å². The molecule has 1 heterocycles.